The van der Waals surface area contributed by atoms with Crippen molar-refractivity contribution >= 4 is 43.9 Å². The minimum Gasteiger partial charge on any atom is -0.494 e. The molecule has 1 aromatic carbocycles. The molecule has 5 nitrogen and oxygen atoms in total. The Morgan fingerprint density at radius 3 is 2.64 bits per heavy atom. The van der Waals surface area contributed by atoms with Crippen LogP contribution in [0.25, 0.3) is 10.2 Å². The van der Waals surface area contributed by atoms with Gasteiger partial charge in [-0.25, -0.2) is 4.98 Å². The van der Waals surface area contributed by atoms with Gasteiger partial charge in [0.25, 0.3) is 0 Å². The number of rotatable bonds is 10. The van der Waals surface area contributed by atoms with Crippen molar-refractivity contribution in [3.05, 3.63) is 40.6 Å². The number of benzene rings is 1. The lowest BCUT2D eigenvalue weighted by molar-refractivity contribution is -0.118. The molecule has 2 aromatic heterocycles. The van der Waals surface area contributed by atoms with Crippen molar-refractivity contribution in [2.45, 2.75) is 27.2 Å². The molecule has 0 unspecified atom stereocenters. The van der Waals surface area contributed by atoms with Crippen molar-refractivity contribution < 1.29 is 9.53 Å². The molecule has 0 N–H and O–H groups in total. The second-order valence-corrected chi connectivity index (χ2v) is 8.43. The molecule has 0 atom stereocenters. The summed E-state index contributed by atoms with van der Waals surface area (Å²) in [5, 5.41) is 2.77. The van der Waals surface area contributed by atoms with Gasteiger partial charge in [0.1, 0.15) is 5.75 Å². The van der Waals surface area contributed by atoms with Gasteiger partial charge in [-0.2, -0.15) is 0 Å². The molecule has 0 aliphatic carbocycles. The Kier molecular flexibility index (Phi) is 7.42. The average molecular weight is 418 g/mol. The smallest absolute Gasteiger partial charge is 0.234 e. The first kappa shape index (κ1) is 20.8. The molecule has 0 saturated heterocycles. The van der Waals surface area contributed by atoms with E-state index < -0.39 is 0 Å². The summed E-state index contributed by atoms with van der Waals surface area (Å²) in [5.41, 5.74) is 0.903. The van der Waals surface area contributed by atoms with Crippen molar-refractivity contribution in [1.29, 1.82) is 0 Å². The van der Waals surface area contributed by atoms with Crippen LogP contribution in [-0.2, 0) is 11.2 Å². The third-order valence-electron chi connectivity index (χ3n) is 4.63. The predicted octanol–water partition coefficient (Wildman–Crippen LogP) is 4.67. The molecular weight excluding hydrogens is 390 g/mol. The summed E-state index contributed by atoms with van der Waals surface area (Å²) in [4.78, 5) is 23.1. The number of hydrogen-bond acceptors (Lipinski definition) is 6. The Balaban J connectivity index is 1.85. The van der Waals surface area contributed by atoms with E-state index >= 15 is 0 Å². The van der Waals surface area contributed by atoms with Gasteiger partial charge in [-0.15, -0.1) is 11.3 Å². The number of carbonyl (C=O) groups excluding carboxylic acids is 1. The van der Waals surface area contributed by atoms with Crippen molar-refractivity contribution in [1.82, 2.24) is 9.88 Å². The molecular formula is C21H27N3O2S2. The Labute approximate surface area is 174 Å². The lowest BCUT2D eigenvalue weighted by Gasteiger charge is -2.24. The molecule has 2 heterocycles. The average Bonchev–Trinajstić information content (AvgIpc) is 3.34. The maximum atomic E-state index is 13.1. The van der Waals surface area contributed by atoms with E-state index in [9.17, 15) is 4.79 Å². The molecule has 0 radical (unpaired) electrons. The number of hydrogen-bond donors (Lipinski definition) is 0. The molecule has 0 fully saturated rings. The number of carbonyl (C=O) groups is 1. The number of fused-ring (bicyclic) bond motifs is 1. The number of thiazole rings is 1. The van der Waals surface area contributed by atoms with Crippen LogP contribution in [0.15, 0.2) is 35.7 Å². The van der Waals surface area contributed by atoms with Crippen LogP contribution < -0.4 is 9.64 Å². The molecule has 0 spiro atoms. The second-order valence-electron chi connectivity index (χ2n) is 6.39. The van der Waals surface area contributed by atoms with Crippen molar-refractivity contribution in [3.63, 3.8) is 0 Å². The van der Waals surface area contributed by atoms with Gasteiger partial charge in [0.15, 0.2) is 5.13 Å². The topological polar surface area (TPSA) is 45.7 Å². The normalized spacial score (nSPS) is 11.3. The van der Waals surface area contributed by atoms with Gasteiger partial charge in [0.05, 0.1) is 23.2 Å². The van der Waals surface area contributed by atoms with E-state index in [4.69, 9.17) is 9.72 Å². The van der Waals surface area contributed by atoms with Crippen LogP contribution in [0.4, 0.5) is 5.13 Å². The first-order valence-electron chi connectivity index (χ1n) is 9.73. The zero-order chi connectivity index (χ0) is 19.9. The molecule has 0 bridgehead atoms. The summed E-state index contributed by atoms with van der Waals surface area (Å²) >= 11 is 3.17. The van der Waals surface area contributed by atoms with E-state index in [0.29, 0.717) is 19.6 Å². The van der Waals surface area contributed by atoms with E-state index in [-0.39, 0.29) is 5.91 Å². The summed E-state index contributed by atoms with van der Waals surface area (Å²) in [5.74, 6) is 0.934. The Hall–Kier alpha value is -1.96. The van der Waals surface area contributed by atoms with Crippen LogP contribution in [0, 0.1) is 0 Å². The molecule has 0 aliphatic rings. The third kappa shape index (κ3) is 5.10. The summed E-state index contributed by atoms with van der Waals surface area (Å²) in [6, 6.07) is 9.90. The Morgan fingerprint density at radius 2 is 1.96 bits per heavy atom. The van der Waals surface area contributed by atoms with Crippen LogP contribution in [0.1, 0.15) is 25.6 Å². The number of nitrogens with zero attached hydrogens (tertiary/aromatic N) is 3. The SMILES string of the molecule is CCOc1ccc2nc(N(CCN(CC)CC)C(=O)Cc3cccs3)sc2c1. The van der Waals surface area contributed by atoms with Crippen LogP contribution in [-0.4, -0.2) is 48.6 Å². The Morgan fingerprint density at radius 1 is 1.14 bits per heavy atom. The van der Waals surface area contributed by atoms with Crippen LogP contribution in [0.5, 0.6) is 5.75 Å². The molecule has 3 aromatic rings. The standard InChI is InChI=1S/C21H27N3O2S2/c1-4-23(5-2)11-12-24(20(25)15-17-8-7-13-27-17)21-22-18-10-9-16(26-6-3)14-19(18)28-21/h7-10,13-14H,4-6,11-12,15H2,1-3H3. The summed E-state index contributed by atoms with van der Waals surface area (Å²) in [6.07, 6.45) is 0.413. The fourth-order valence-corrected chi connectivity index (χ4v) is 4.76. The van der Waals surface area contributed by atoms with E-state index in [1.54, 1.807) is 22.7 Å². The van der Waals surface area contributed by atoms with Gasteiger partial charge >= 0.3 is 0 Å². The highest BCUT2D eigenvalue weighted by Gasteiger charge is 2.21. The summed E-state index contributed by atoms with van der Waals surface area (Å²) in [7, 11) is 0. The number of anilines is 1. The predicted molar refractivity (Wildman–Crippen MR) is 119 cm³/mol. The minimum atomic E-state index is 0.0960. The van der Waals surface area contributed by atoms with Crippen molar-refractivity contribution in [2.24, 2.45) is 0 Å². The highest BCUT2D eigenvalue weighted by Crippen LogP contribution is 2.32. The quantitative estimate of drug-likeness (QED) is 0.481. The molecule has 0 aliphatic heterocycles. The highest BCUT2D eigenvalue weighted by molar-refractivity contribution is 7.22. The maximum absolute atomic E-state index is 13.1. The number of ether oxygens (including phenoxy) is 1. The zero-order valence-corrected chi connectivity index (χ0v) is 18.3. The van der Waals surface area contributed by atoms with Gasteiger partial charge in [-0.05, 0) is 49.7 Å². The zero-order valence-electron chi connectivity index (χ0n) is 16.7. The summed E-state index contributed by atoms with van der Waals surface area (Å²) in [6.45, 7) is 10.3. The van der Waals surface area contributed by atoms with Crippen molar-refractivity contribution in [3.8, 4) is 5.75 Å². The second kappa shape index (κ2) is 10.0. The summed E-state index contributed by atoms with van der Waals surface area (Å²) < 4.78 is 6.64. The van der Waals surface area contributed by atoms with Gasteiger partial charge < -0.3 is 9.64 Å². The maximum Gasteiger partial charge on any atom is 0.234 e. The third-order valence-corrected chi connectivity index (χ3v) is 6.55. The van der Waals surface area contributed by atoms with Gasteiger partial charge in [-0.3, -0.25) is 9.69 Å². The molecule has 150 valence electrons. The van der Waals surface area contributed by atoms with Gasteiger partial charge in [-0.1, -0.05) is 31.3 Å². The number of aromatic nitrogens is 1. The van der Waals surface area contributed by atoms with Gasteiger partial charge in [0.2, 0.25) is 5.91 Å². The molecule has 0 saturated carbocycles. The van der Waals surface area contributed by atoms with E-state index in [1.165, 1.54) is 0 Å². The molecule has 1 amide bonds. The number of thiophene rings is 1. The largest absolute Gasteiger partial charge is 0.494 e. The molecule has 28 heavy (non-hydrogen) atoms. The first-order chi connectivity index (χ1) is 13.6. The van der Waals surface area contributed by atoms with Crippen LogP contribution in [0.3, 0.4) is 0 Å². The number of likely N-dealkylation sites (N-methyl/N-ethyl adjacent to an activating group) is 1. The highest BCUT2D eigenvalue weighted by atomic mass is 32.1. The van der Waals surface area contributed by atoms with Crippen LogP contribution in [0.2, 0.25) is 0 Å². The van der Waals surface area contributed by atoms with E-state index in [1.807, 2.05) is 47.5 Å². The lowest BCUT2D eigenvalue weighted by atomic mass is 10.3. The van der Waals surface area contributed by atoms with Crippen molar-refractivity contribution in [2.75, 3.05) is 37.7 Å². The van der Waals surface area contributed by atoms with Crippen LogP contribution >= 0.6 is 22.7 Å². The fourth-order valence-electron chi connectivity index (χ4n) is 3.03. The molecule has 7 heteroatoms. The lowest BCUT2D eigenvalue weighted by Crippen LogP contribution is -2.39. The first-order valence-corrected chi connectivity index (χ1v) is 11.4. The van der Waals surface area contributed by atoms with Gasteiger partial charge in [0, 0.05) is 18.0 Å². The monoisotopic (exact) mass is 417 g/mol. The van der Waals surface area contributed by atoms with E-state index in [2.05, 4.69) is 18.7 Å². The Bertz CT molecular complexity index is 888. The minimum absolute atomic E-state index is 0.0960. The van der Waals surface area contributed by atoms with E-state index in [0.717, 1.165) is 45.6 Å². The molecule has 3 rings (SSSR count). The fraction of sp³-hybridized carbons (Fsp3) is 0.429. The number of amides is 1.